The standard InChI is InChI=1S/C25H26ClN3/c1-3-28(4-2)11-12-29-24-14-18-8-6-5-7-17(18)13-21(24)22-16-27-23-15-19(26)9-10-20(23)25(22)29/h5-10,15-16H,3-4,11-14H2,1-2H3. The van der Waals surface area contributed by atoms with Crippen LogP contribution in [0.3, 0.4) is 0 Å². The van der Waals surface area contributed by atoms with E-state index in [2.05, 4.69) is 59.8 Å². The molecular formula is C25H26ClN3. The maximum absolute atomic E-state index is 6.26. The van der Waals surface area contributed by atoms with Gasteiger partial charge in [-0.25, -0.2) is 0 Å². The molecule has 0 spiro atoms. The molecule has 0 fully saturated rings. The Morgan fingerprint density at radius 2 is 1.76 bits per heavy atom. The lowest BCUT2D eigenvalue weighted by atomic mass is 9.89. The van der Waals surface area contributed by atoms with Crippen molar-refractivity contribution in [3.8, 4) is 0 Å². The molecule has 0 amide bonds. The lowest BCUT2D eigenvalue weighted by molar-refractivity contribution is 0.291. The molecule has 3 nitrogen and oxygen atoms in total. The first kappa shape index (κ1) is 18.7. The Kier molecular flexibility index (Phi) is 4.81. The van der Waals surface area contributed by atoms with Gasteiger partial charge in [0.25, 0.3) is 0 Å². The monoisotopic (exact) mass is 403 g/mol. The van der Waals surface area contributed by atoms with E-state index >= 15 is 0 Å². The number of benzene rings is 2. The van der Waals surface area contributed by atoms with E-state index in [-0.39, 0.29) is 0 Å². The van der Waals surface area contributed by atoms with Gasteiger partial charge < -0.3 is 9.47 Å². The van der Waals surface area contributed by atoms with Crippen LogP contribution in [0.15, 0.2) is 48.7 Å². The van der Waals surface area contributed by atoms with Crippen LogP contribution >= 0.6 is 11.6 Å². The van der Waals surface area contributed by atoms with Crippen molar-refractivity contribution < 1.29 is 0 Å². The predicted molar refractivity (Wildman–Crippen MR) is 122 cm³/mol. The van der Waals surface area contributed by atoms with E-state index in [0.29, 0.717) is 0 Å². The van der Waals surface area contributed by atoms with Gasteiger partial charge in [-0.05, 0) is 48.0 Å². The molecule has 0 saturated heterocycles. The third kappa shape index (κ3) is 3.13. The molecule has 29 heavy (non-hydrogen) atoms. The van der Waals surface area contributed by atoms with Crippen LogP contribution in [0, 0.1) is 0 Å². The summed E-state index contributed by atoms with van der Waals surface area (Å²) >= 11 is 6.26. The van der Waals surface area contributed by atoms with Crippen LogP contribution in [0.4, 0.5) is 0 Å². The SMILES string of the molecule is CCN(CC)CCn1c2c(c3cnc4cc(Cl)ccc4c31)Cc1ccccc1C2. The van der Waals surface area contributed by atoms with Gasteiger partial charge in [0.05, 0.1) is 11.0 Å². The largest absolute Gasteiger partial charge is 0.342 e. The Hall–Kier alpha value is -2.36. The van der Waals surface area contributed by atoms with Gasteiger partial charge >= 0.3 is 0 Å². The Morgan fingerprint density at radius 3 is 2.52 bits per heavy atom. The molecule has 2 aromatic heterocycles. The summed E-state index contributed by atoms with van der Waals surface area (Å²) in [5.74, 6) is 0. The summed E-state index contributed by atoms with van der Waals surface area (Å²) in [5, 5.41) is 3.23. The van der Waals surface area contributed by atoms with Crippen LogP contribution in [0.2, 0.25) is 5.02 Å². The van der Waals surface area contributed by atoms with Crippen LogP contribution in [0.25, 0.3) is 21.8 Å². The third-order valence-corrected chi connectivity index (χ3v) is 6.68. The molecule has 0 N–H and O–H groups in total. The zero-order valence-electron chi connectivity index (χ0n) is 17.1. The van der Waals surface area contributed by atoms with Gasteiger partial charge in [0, 0.05) is 53.6 Å². The lowest BCUT2D eigenvalue weighted by Gasteiger charge is -2.22. The number of fused-ring (bicyclic) bond motifs is 6. The molecule has 0 atom stereocenters. The minimum absolute atomic E-state index is 0.739. The molecule has 1 aliphatic rings. The first-order valence-corrected chi connectivity index (χ1v) is 10.9. The van der Waals surface area contributed by atoms with E-state index in [4.69, 9.17) is 16.6 Å². The van der Waals surface area contributed by atoms with E-state index < -0.39 is 0 Å². The second-order valence-electron chi connectivity index (χ2n) is 7.91. The predicted octanol–water partition coefficient (Wildman–Crippen LogP) is 5.68. The smallest absolute Gasteiger partial charge is 0.0738 e. The molecule has 0 unspecified atom stereocenters. The average Bonchev–Trinajstić information content (AvgIpc) is 3.05. The number of aromatic nitrogens is 2. The zero-order valence-corrected chi connectivity index (χ0v) is 17.8. The number of hydrogen-bond donors (Lipinski definition) is 0. The molecule has 4 aromatic rings. The van der Waals surface area contributed by atoms with E-state index in [0.717, 1.165) is 49.6 Å². The van der Waals surface area contributed by atoms with Gasteiger partial charge in [-0.3, -0.25) is 4.98 Å². The van der Waals surface area contributed by atoms with Crippen molar-refractivity contribution in [2.75, 3.05) is 19.6 Å². The minimum atomic E-state index is 0.739. The van der Waals surface area contributed by atoms with Crippen LogP contribution in [0.1, 0.15) is 36.2 Å². The van der Waals surface area contributed by atoms with E-state index in [1.165, 1.54) is 38.7 Å². The van der Waals surface area contributed by atoms with Gasteiger partial charge in [-0.2, -0.15) is 0 Å². The number of halogens is 1. The summed E-state index contributed by atoms with van der Waals surface area (Å²) in [6.07, 6.45) is 4.04. The molecule has 148 valence electrons. The number of rotatable bonds is 5. The molecule has 2 aromatic carbocycles. The zero-order chi connectivity index (χ0) is 20.0. The highest BCUT2D eigenvalue weighted by molar-refractivity contribution is 6.31. The maximum Gasteiger partial charge on any atom is 0.0738 e. The van der Waals surface area contributed by atoms with Crippen LogP contribution in [0.5, 0.6) is 0 Å². The molecular weight excluding hydrogens is 378 g/mol. The molecule has 0 aliphatic heterocycles. The molecule has 0 radical (unpaired) electrons. The van der Waals surface area contributed by atoms with Crippen molar-refractivity contribution in [1.29, 1.82) is 0 Å². The fourth-order valence-corrected chi connectivity index (χ4v) is 4.98. The number of hydrogen-bond acceptors (Lipinski definition) is 2. The summed E-state index contributed by atoms with van der Waals surface area (Å²) in [6.45, 7) is 8.70. The maximum atomic E-state index is 6.26. The first-order valence-electron chi connectivity index (χ1n) is 10.6. The molecule has 0 saturated carbocycles. The summed E-state index contributed by atoms with van der Waals surface area (Å²) in [7, 11) is 0. The minimum Gasteiger partial charge on any atom is -0.342 e. The fraction of sp³-hybridized carbons (Fsp3) is 0.320. The van der Waals surface area contributed by atoms with Gasteiger partial charge in [0.1, 0.15) is 0 Å². The molecule has 2 heterocycles. The Balaban J connectivity index is 1.73. The highest BCUT2D eigenvalue weighted by atomic mass is 35.5. The van der Waals surface area contributed by atoms with Crippen molar-refractivity contribution in [2.45, 2.75) is 33.2 Å². The Bertz CT molecular complexity index is 1200. The number of nitrogens with zero attached hydrogens (tertiary/aromatic N) is 3. The van der Waals surface area contributed by atoms with E-state index in [1.54, 1.807) is 0 Å². The second-order valence-corrected chi connectivity index (χ2v) is 8.34. The van der Waals surface area contributed by atoms with Gasteiger partial charge in [0.2, 0.25) is 0 Å². The van der Waals surface area contributed by atoms with Crippen LogP contribution in [-0.4, -0.2) is 34.1 Å². The van der Waals surface area contributed by atoms with Gasteiger partial charge in [-0.1, -0.05) is 49.7 Å². The normalized spacial score (nSPS) is 13.2. The van der Waals surface area contributed by atoms with Crippen molar-refractivity contribution in [2.24, 2.45) is 0 Å². The molecule has 5 rings (SSSR count). The van der Waals surface area contributed by atoms with Gasteiger partial charge in [-0.15, -0.1) is 0 Å². The van der Waals surface area contributed by atoms with Crippen molar-refractivity contribution in [1.82, 2.24) is 14.5 Å². The average molecular weight is 404 g/mol. The Morgan fingerprint density at radius 1 is 1.00 bits per heavy atom. The highest BCUT2D eigenvalue weighted by Crippen LogP contribution is 2.37. The lowest BCUT2D eigenvalue weighted by Crippen LogP contribution is -2.27. The quantitative estimate of drug-likeness (QED) is 0.376. The summed E-state index contributed by atoms with van der Waals surface area (Å²) < 4.78 is 2.57. The second kappa shape index (κ2) is 7.47. The van der Waals surface area contributed by atoms with Crippen LogP contribution in [-0.2, 0) is 19.4 Å². The fourth-order valence-electron chi connectivity index (χ4n) is 4.82. The third-order valence-electron chi connectivity index (χ3n) is 6.45. The summed E-state index contributed by atoms with van der Waals surface area (Å²) in [5.41, 5.74) is 8.09. The van der Waals surface area contributed by atoms with Crippen LogP contribution < -0.4 is 0 Å². The molecule has 1 aliphatic carbocycles. The highest BCUT2D eigenvalue weighted by Gasteiger charge is 2.24. The first-order chi connectivity index (χ1) is 14.2. The van der Waals surface area contributed by atoms with Crippen molar-refractivity contribution >= 4 is 33.4 Å². The molecule has 4 heteroatoms. The topological polar surface area (TPSA) is 21.1 Å². The van der Waals surface area contributed by atoms with E-state index in [1.807, 2.05) is 12.1 Å². The summed E-state index contributed by atoms with van der Waals surface area (Å²) in [6, 6.07) is 15.0. The van der Waals surface area contributed by atoms with Gasteiger partial charge in [0.15, 0.2) is 0 Å². The van der Waals surface area contributed by atoms with Crippen molar-refractivity contribution in [3.63, 3.8) is 0 Å². The number of pyridine rings is 1. The van der Waals surface area contributed by atoms with Crippen molar-refractivity contribution in [3.05, 3.63) is 76.1 Å². The number of likely N-dealkylation sites (N-methyl/N-ethyl adjacent to an activating group) is 1. The Labute approximate surface area is 176 Å². The summed E-state index contributed by atoms with van der Waals surface area (Å²) in [4.78, 5) is 7.26. The van der Waals surface area contributed by atoms with E-state index in [9.17, 15) is 0 Å². The molecule has 0 bridgehead atoms.